The number of imide groups is 1. The van der Waals surface area contributed by atoms with Crippen molar-refractivity contribution in [3.05, 3.63) is 58.7 Å². The number of fused-ring (bicyclic) bond motifs is 9. The van der Waals surface area contributed by atoms with Crippen LogP contribution in [-0.4, -0.2) is 56.1 Å². The highest BCUT2D eigenvalue weighted by Gasteiger charge is 2.51. The van der Waals surface area contributed by atoms with Gasteiger partial charge in [0.15, 0.2) is 29.5 Å². The number of halogens is 5. The van der Waals surface area contributed by atoms with Crippen LogP contribution in [-0.2, 0) is 4.74 Å². The second-order valence-electron chi connectivity index (χ2n) is 9.98. The first-order valence-electron chi connectivity index (χ1n) is 11.9. The molecule has 6 heterocycles. The Balaban J connectivity index is 1.78. The number of aliphatic hydroxyl groups is 2. The Morgan fingerprint density at radius 2 is 1.26 bits per heavy atom. The normalized spacial score (nSPS) is 25.9. The van der Waals surface area contributed by atoms with E-state index in [9.17, 15) is 41.8 Å². The van der Waals surface area contributed by atoms with E-state index in [2.05, 4.69) is 5.32 Å². The van der Waals surface area contributed by atoms with Crippen molar-refractivity contribution in [2.75, 3.05) is 6.67 Å². The van der Waals surface area contributed by atoms with Gasteiger partial charge < -0.3 is 24.1 Å². The van der Waals surface area contributed by atoms with E-state index in [0.29, 0.717) is 0 Å². The molecule has 0 spiro atoms. The predicted octanol–water partition coefficient (Wildman–Crippen LogP) is 3.49. The van der Waals surface area contributed by atoms with Crippen molar-refractivity contribution in [1.29, 1.82) is 0 Å². The highest BCUT2D eigenvalue weighted by molar-refractivity contribution is 6.39. The topological polar surface area (TPSA) is 106 Å². The molecule has 2 amide bonds. The molecular weight excluding hydrogens is 529 g/mol. The summed E-state index contributed by atoms with van der Waals surface area (Å²) in [4.78, 5) is 26.3. The van der Waals surface area contributed by atoms with Crippen molar-refractivity contribution in [2.24, 2.45) is 0 Å². The van der Waals surface area contributed by atoms with E-state index < -0.39 is 72.3 Å². The highest BCUT2D eigenvalue weighted by atomic mass is 19.2. The quantitative estimate of drug-likeness (QED) is 0.222. The van der Waals surface area contributed by atoms with Crippen LogP contribution in [0.2, 0.25) is 0 Å². The molecule has 5 aromatic rings. The number of hydrogen-bond acceptors (Lipinski definition) is 5. The number of ether oxygens (including phenoxy) is 1. The molecule has 3 unspecified atom stereocenters. The van der Waals surface area contributed by atoms with Crippen LogP contribution in [0.15, 0.2) is 24.3 Å². The fourth-order valence-corrected chi connectivity index (χ4v) is 6.68. The zero-order chi connectivity index (χ0) is 27.2. The largest absolute Gasteiger partial charge is 0.388 e. The Hall–Kier alpha value is -4.07. The minimum absolute atomic E-state index is 0.00520. The Bertz CT molecular complexity index is 2010. The average Bonchev–Trinajstić information content (AvgIpc) is 3.47. The minimum Gasteiger partial charge on any atom is -0.388 e. The molecule has 4 aliphatic rings. The van der Waals surface area contributed by atoms with E-state index in [-0.39, 0.29) is 54.7 Å². The van der Waals surface area contributed by atoms with Crippen LogP contribution in [0.4, 0.5) is 22.0 Å². The summed E-state index contributed by atoms with van der Waals surface area (Å²) in [6.45, 7) is -1.18. The van der Waals surface area contributed by atoms with Gasteiger partial charge in [0.1, 0.15) is 25.0 Å². The number of amides is 2. The lowest BCUT2D eigenvalue weighted by atomic mass is 9.93. The van der Waals surface area contributed by atoms with E-state index >= 15 is 0 Å². The first kappa shape index (κ1) is 22.9. The Kier molecular flexibility index (Phi) is 4.17. The Labute approximate surface area is 212 Å². The summed E-state index contributed by atoms with van der Waals surface area (Å²) in [6, 6.07) is 1.83. The third kappa shape index (κ3) is 2.49. The van der Waals surface area contributed by atoms with Gasteiger partial charge in [-0.25, -0.2) is 22.0 Å². The van der Waals surface area contributed by atoms with Gasteiger partial charge in [-0.1, -0.05) is 0 Å². The number of aliphatic hydroxyl groups excluding tert-OH is 2. The van der Waals surface area contributed by atoms with E-state index in [0.717, 1.165) is 24.3 Å². The second-order valence-corrected chi connectivity index (χ2v) is 9.98. The van der Waals surface area contributed by atoms with Crippen LogP contribution in [0.25, 0.3) is 43.6 Å². The number of hydrogen-bond donors (Lipinski definition) is 3. The number of carbonyl (C=O) groups excluding carboxylic acids is 2. The molecule has 3 N–H and O–H groups in total. The van der Waals surface area contributed by atoms with Crippen LogP contribution in [0.1, 0.15) is 33.0 Å². The lowest BCUT2D eigenvalue weighted by Crippen LogP contribution is -2.54. The zero-order valence-corrected chi connectivity index (χ0v) is 19.3. The zero-order valence-electron chi connectivity index (χ0n) is 19.3. The maximum Gasteiger partial charge on any atom is 0.259 e. The molecule has 3 aromatic carbocycles. The summed E-state index contributed by atoms with van der Waals surface area (Å²) in [7, 11) is 0. The number of benzene rings is 3. The van der Waals surface area contributed by atoms with Gasteiger partial charge in [-0.05, 0) is 12.1 Å². The van der Waals surface area contributed by atoms with Gasteiger partial charge in [-0.3, -0.25) is 14.9 Å². The summed E-state index contributed by atoms with van der Waals surface area (Å²) in [5, 5.41) is 24.5. The lowest BCUT2D eigenvalue weighted by Gasteiger charge is -2.45. The van der Waals surface area contributed by atoms with Gasteiger partial charge in [-0.2, -0.15) is 0 Å². The van der Waals surface area contributed by atoms with Crippen LogP contribution in [0, 0.1) is 23.3 Å². The molecule has 2 aromatic heterocycles. The molecule has 39 heavy (non-hydrogen) atoms. The molecule has 0 saturated carbocycles. The molecule has 0 radical (unpaired) electrons. The fraction of sp³-hybridized carbons (Fsp3) is 0.231. The summed E-state index contributed by atoms with van der Waals surface area (Å²) in [6.07, 6.45) is -6.45. The third-order valence-corrected chi connectivity index (χ3v) is 8.14. The van der Waals surface area contributed by atoms with Crippen molar-refractivity contribution < 1.29 is 46.5 Å². The third-order valence-electron chi connectivity index (χ3n) is 8.14. The summed E-state index contributed by atoms with van der Waals surface area (Å²) >= 11 is 0. The van der Waals surface area contributed by atoms with Crippen molar-refractivity contribution in [2.45, 2.75) is 30.6 Å². The van der Waals surface area contributed by atoms with Gasteiger partial charge >= 0.3 is 0 Å². The molecule has 0 aliphatic carbocycles. The number of alkyl halides is 1. The van der Waals surface area contributed by atoms with Crippen LogP contribution in [0.3, 0.4) is 0 Å². The number of nitrogens with one attached hydrogen (secondary N) is 1. The molecule has 1 saturated heterocycles. The van der Waals surface area contributed by atoms with E-state index in [1.807, 2.05) is 0 Å². The van der Waals surface area contributed by atoms with Crippen LogP contribution >= 0.6 is 0 Å². The summed E-state index contributed by atoms with van der Waals surface area (Å²) < 4.78 is 81.2. The number of carbonyl (C=O) groups is 2. The van der Waals surface area contributed by atoms with Gasteiger partial charge in [0.05, 0.1) is 39.2 Å². The van der Waals surface area contributed by atoms with Crippen molar-refractivity contribution in [3.8, 4) is 0 Å². The molecule has 198 valence electrons. The smallest absolute Gasteiger partial charge is 0.259 e. The van der Waals surface area contributed by atoms with E-state index in [1.54, 1.807) is 0 Å². The van der Waals surface area contributed by atoms with Gasteiger partial charge in [0.25, 0.3) is 11.8 Å². The van der Waals surface area contributed by atoms with Crippen LogP contribution in [0.5, 0.6) is 0 Å². The summed E-state index contributed by atoms with van der Waals surface area (Å²) in [5.41, 5.74) is -0.510. The maximum atomic E-state index is 14.6. The van der Waals surface area contributed by atoms with E-state index in [1.165, 1.54) is 9.13 Å². The Morgan fingerprint density at radius 1 is 0.769 bits per heavy atom. The predicted molar refractivity (Wildman–Crippen MR) is 125 cm³/mol. The average molecular weight is 543 g/mol. The highest BCUT2D eigenvalue weighted by Crippen LogP contribution is 2.52. The fourth-order valence-electron chi connectivity index (χ4n) is 6.68. The molecule has 4 aliphatic heterocycles. The number of aromatic nitrogens is 2. The second kappa shape index (κ2) is 7.11. The van der Waals surface area contributed by atoms with Crippen molar-refractivity contribution in [3.63, 3.8) is 0 Å². The van der Waals surface area contributed by atoms with Gasteiger partial charge in [0.2, 0.25) is 0 Å². The van der Waals surface area contributed by atoms with Crippen molar-refractivity contribution in [1.82, 2.24) is 14.5 Å². The minimum atomic E-state index is -1.75. The first-order valence-corrected chi connectivity index (χ1v) is 11.9. The standard InChI is InChI=1S/C26H14F5N3O5/c27-5-14-19-22(35)23(36)26(39-14)34-13-4-11(31)9(29)2-7(13)16-18-17(24(37)32-25(18)38)15-6-1-8(28)10(30)3-12(6)33(19)20(15)21(16)34/h1-4,14,19,22-23,26,35-36H,5H2,(H,32,37,38)/t14?,19-,22?,23?,26-/m1/s1. The molecule has 8 nitrogen and oxygen atoms in total. The summed E-state index contributed by atoms with van der Waals surface area (Å²) in [5.74, 6) is -6.85. The van der Waals surface area contributed by atoms with Crippen LogP contribution < -0.4 is 5.32 Å². The molecule has 13 heteroatoms. The lowest BCUT2D eigenvalue weighted by molar-refractivity contribution is -0.221. The molecule has 5 atom stereocenters. The number of rotatable bonds is 1. The monoisotopic (exact) mass is 543 g/mol. The molecular formula is C26H14F5N3O5. The van der Waals surface area contributed by atoms with Crippen molar-refractivity contribution >= 4 is 55.4 Å². The number of nitrogens with zero attached hydrogens (tertiary/aromatic N) is 2. The molecule has 9 rings (SSSR count). The van der Waals surface area contributed by atoms with Gasteiger partial charge in [-0.15, -0.1) is 0 Å². The SMILES string of the molecule is O=C1NC(=O)c2c1c1c3cc(F)c(F)cc3n3c1c1c2c2cc(F)c(F)cc2n1[C@@H]1OC(CF)[C@@H]3C(O)C1O. The molecule has 1 fully saturated rings. The first-order chi connectivity index (χ1) is 18.6. The van der Waals surface area contributed by atoms with Gasteiger partial charge in [0, 0.05) is 33.7 Å². The maximum absolute atomic E-state index is 14.6. The Morgan fingerprint density at radius 3 is 1.79 bits per heavy atom. The molecule has 2 bridgehead atoms. The van der Waals surface area contributed by atoms with E-state index in [4.69, 9.17) is 4.74 Å².